The number of benzene rings is 2. The molecule has 1 unspecified atom stereocenters. The first kappa shape index (κ1) is 12.7. The number of hydrogen-bond donors (Lipinski definition) is 2. The number of amides is 1. The fourth-order valence-corrected chi connectivity index (χ4v) is 2.21. The highest BCUT2D eigenvalue weighted by molar-refractivity contribution is 5.97. The van der Waals surface area contributed by atoms with E-state index in [0.717, 1.165) is 22.4 Å². The summed E-state index contributed by atoms with van der Waals surface area (Å²) in [6.45, 7) is 2.28. The summed E-state index contributed by atoms with van der Waals surface area (Å²) in [5.41, 5.74) is 9.56. The largest absolute Gasteiger partial charge is 0.479 e. The Morgan fingerprint density at radius 2 is 1.85 bits per heavy atom. The maximum absolute atomic E-state index is 11.5. The van der Waals surface area contributed by atoms with Crippen LogP contribution < -0.4 is 15.8 Å². The lowest BCUT2D eigenvalue weighted by atomic mass is 10.0. The smallest absolute Gasteiger partial charge is 0.265 e. The summed E-state index contributed by atoms with van der Waals surface area (Å²) in [6, 6.07) is 13.9. The summed E-state index contributed by atoms with van der Waals surface area (Å²) in [5.74, 6) is 0.593. The second-order valence-corrected chi connectivity index (χ2v) is 4.86. The summed E-state index contributed by atoms with van der Waals surface area (Å²) in [6.07, 6.45) is -0.461. The van der Waals surface area contributed by atoms with E-state index in [2.05, 4.69) is 5.32 Å². The number of nitrogens with one attached hydrogen (secondary N) is 1. The minimum Gasteiger partial charge on any atom is -0.479 e. The van der Waals surface area contributed by atoms with Gasteiger partial charge in [-0.05, 0) is 35.7 Å². The van der Waals surface area contributed by atoms with Crippen molar-refractivity contribution in [1.29, 1.82) is 0 Å². The standard InChI is InChI=1S/C16H16N2O2/c1-10-16(19)18-14-7-6-13(8-15(14)20-10)12-4-2-11(9-17)3-5-12/h2-8,10H,9,17H2,1H3,(H,18,19). The molecule has 2 aromatic carbocycles. The van der Waals surface area contributed by atoms with Crippen molar-refractivity contribution in [2.24, 2.45) is 5.73 Å². The van der Waals surface area contributed by atoms with Crippen molar-refractivity contribution in [3.63, 3.8) is 0 Å². The molecule has 1 amide bonds. The van der Waals surface area contributed by atoms with Gasteiger partial charge in [-0.15, -0.1) is 0 Å². The molecule has 3 rings (SSSR count). The van der Waals surface area contributed by atoms with Crippen molar-refractivity contribution < 1.29 is 9.53 Å². The molecule has 1 atom stereocenters. The number of carbonyl (C=O) groups excluding carboxylic acids is 1. The van der Waals surface area contributed by atoms with Gasteiger partial charge in [-0.25, -0.2) is 0 Å². The van der Waals surface area contributed by atoms with Crippen molar-refractivity contribution in [2.45, 2.75) is 19.6 Å². The van der Waals surface area contributed by atoms with E-state index >= 15 is 0 Å². The van der Waals surface area contributed by atoms with Gasteiger partial charge >= 0.3 is 0 Å². The van der Waals surface area contributed by atoms with Crippen LogP contribution in [0, 0.1) is 0 Å². The topological polar surface area (TPSA) is 64.3 Å². The highest BCUT2D eigenvalue weighted by Crippen LogP contribution is 2.34. The van der Waals surface area contributed by atoms with Gasteiger partial charge < -0.3 is 15.8 Å². The Balaban J connectivity index is 1.95. The average Bonchev–Trinajstić information content (AvgIpc) is 2.48. The highest BCUT2D eigenvalue weighted by Gasteiger charge is 2.23. The predicted molar refractivity (Wildman–Crippen MR) is 78.5 cm³/mol. The molecule has 0 saturated carbocycles. The Labute approximate surface area is 117 Å². The number of anilines is 1. The van der Waals surface area contributed by atoms with Crippen LogP contribution in [0.25, 0.3) is 11.1 Å². The van der Waals surface area contributed by atoms with Gasteiger partial charge in [0.1, 0.15) is 5.75 Å². The average molecular weight is 268 g/mol. The lowest BCUT2D eigenvalue weighted by molar-refractivity contribution is -0.122. The van der Waals surface area contributed by atoms with E-state index in [1.54, 1.807) is 6.92 Å². The number of fused-ring (bicyclic) bond motifs is 1. The second-order valence-electron chi connectivity index (χ2n) is 4.86. The summed E-state index contributed by atoms with van der Waals surface area (Å²) in [4.78, 5) is 11.5. The van der Waals surface area contributed by atoms with Crippen molar-refractivity contribution in [1.82, 2.24) is 0 Å². The Kier molecular flexibility index (Phi) is 3.16. The normalized spacial score (nSPS) is 17.1. The fourth-order valence-electron chi connectivity index (χ4n) is 2.21. The van der Waals surface area contributed by atoms with Crippen LogP contribution in [0.5, 0.6) is 5.75 Å². The van der Waals surface area contributed by atoms with Crippen molar-refractivity contribution in [2.75, 3.05) is 5.32 Å². The molecule has 3 N–H and O–H groups in total. The van der Waals surface area contributed by atoms with Gasteiger partial charge in [0, 0.05) is 6.54 Å². The summed E-state index contributed by atoms with van der Waals surface area (Å²) < 4.78 is 5.62. The zero-order chi connectivity index (χ0) is 14.1. The molecule has 0 radical (unpaired) electrons. The minimum atomic E-state index is -0.461. The maximum Gasteiger partial charge on any atom is 0.265 e. The SMILES string of the molecule is CC1Oc2cc(-c3ccc(CN)cc3)ccc2NC1=O. The molecule has 20 heavy (non-hydrogen) atoms. The van der Waals surface area contributed by atoms with Gasteiger partial charge in [-0.2, -0.15) is 0 Å². The first-order valence-electron chi connectivity index (χ1n) is 6.58. The van der Waals surface area contributed by atoms with Gasteiger partial charge in [-0.3, -0.25) is 4.79 Å². The summed E-state index contributed by atoms with van der Waals surface area (Å²) >= 11 is 0. The summed E-state index contributed by atoms with van der Waals surface area (Å²) in [5, 5.41) is 2.83. The Morgan fingerprint density at radius 3 is 2.55 bits per heavy atom. The molecule has 2 aromatic rings. The second kappa shape index (κ2) is 4.98. The van der Waals surface area contributed by atoms with Gasteiger partial charge in [0.25, 0.3) is 5.91 Å². The molecule has 4 nitrogen and oxygen atoms in total. The van der Waals surface area contributed by atoms with Gasteiger partial charge in [-0.1, -0.05) is 30.3 Å². The van der Waals surface area contributed by atoms with Crippen LogP contribution in [-0.2, 0) is 11.3 Å². The van der Waals surface area contributed by atoms with E-state index in [0.29, 0.717) is 12.3 Å². The van der Waals surface area contributed by atoms with E-state index in [9.17, 15) is 4.79 Å². The fraction of sp³-hybridized carbons (Fsp3) is 0.188. The first-order chi connectivity index (χ1) is 9.67. The summed E-state index contributed by atoms with van der Waals surface area (Å²) in [7, 11) is 0. The molecular weight excluding hydrogens is 252 g/mol. The highest BCUT2D eigenvalue weighted by atomic mass is 16.5. The number of carbonyl (C=O) groups is 1. The van der Waals surface area contributed by atoms with Gasteiger partial charge in [0.05, 0.1) is 5.69 Å². The van der Waals surface area contributed by atoms with Crippen LogP contribution in [0.2, 0.25) is 0 Å². The maximum atomic E-state index is 11.5. The molecule has 1 heterocycles. The van der Waals surface area contributed by atoms with E-state index in [1.165, 1.54) is 0 Å². The third kappa shape index (κ3) is 2.26. The predicted octanol–water partition coefficient (Wildman–Crippen LogP) is 2.53. The third-order valence-electron chi connectivity index (χ3n) is 3.44. The van der Waals surface area contributed by atoms with Crippen LogP contribution >= 0.6 is 0 Å². The molecule has 0 saturated heterocycles. The van der Waals surface area contributed by atoms with Crippen molar-refractivity contribution >= 4 is 11.6 Å². The molecule has 1 aliphatic rings. The monoisotopic (exact) mass is 268 g/mol. The number of nitrogens with two attached hydrogens (primary N) is 1. The molecule has 0 fully saturated rings. The lowest BCUT2D eigenvalue weighted by Crippen LogP contribution is -2.34. The molecular formula is C16H16N2O2. The van der Waals surface area contributed by atoms with Crippen molar-refractivity contribution in [3.05, 3.63) is 48.0 Å². The van der Waals surface area contributed by atoms with Crippen LogP contribution in [0.1, 0.15) is 12.5 Å². The van der Waals surface area contributed by atoms with Gasteiger partial charge in [0.15, 0.2) is 6.10 Å². The van der Waals surface area contributed by atoms with Crippen LogP contribution in [0.4, 0.5) is 5.69 Å². The Morgan fingerprint density at radius 1 is 1.15 bits per heavy atom. The van der Waals surface area contributed by atoms with E-state index in [-0.39, 0.29) is 5.91 Å². The van der Waals surface area contributed by atoms with E-state index in [1.807, 2.05) is 42.5 Å². The first-order valence-corrected chi connectivity index (χ1v) is 6.58. The molecule has 1 aliphatic heterocycles. The van der Waals surface area contributed by atoms with Gasteiger partial charge in [0.2, 0.25) is 0 Å². The Hall–Kier alpha value is -2.33. The van der Waals surface area contributed by atoms with Crippen LogP contribution in [-0.4, -0.2) is 12.0 Å². The zero-order valence-corrected chi connectivity index (χ0v) is 11.2. The molecule has 4 heteroatoms. The zero-order valence-electron chi connectivity index (χ0n) is 11.2. The van der Waals surface area contributed by atoms with E-state index < -0.39 is 6.10 Å². The molecule has 0 aromatic heterocycles. The van der Waals surface area contributed by atoms with E-state index in [4.69, 9.17) is 10.5 Å². The quantitative estimate of drug-likeness (QED) is 0.879. The third-order valence-corrected chi connectivity index (χ3v) is 3.44. The molecule has 102 valence electrons. The minimum absolute atomic E-state index is 0.113. The molecule has 0 bridgehead atoms. The van der Waals surface area contributed by atoms with Crippen molar-refractivity contribution in [3.8, 4) is 16.9 Å². The lowest BCUT2D eigenvalue weighted by Gasteiger charge is -2.23. The van der Waals surface area contributed by atoms with Crippen LogP contribution in [0.15, 0.2) is 42.5 Å². The number of ether oxygens (including phenoxy) is 1. The van der Waals surface area contributed by atoms with Crippen LogP contribution in [0.3, 0.4) is 0 Å². The Bertz CT molecular complexity index is 650. The molecule has 0 aliphatic carbocycles. The number of rotatable bonds is 2. The number of hydrogen-bond acceptors (Lipinski definition) is 3. The molecule has 0 spiro atoms.